The summed E-state index contributed by atoms with van der Waals surface area (Å²) in [6.45, 7) is 6.52. The normalized spacial score (nSPS) is 20.9. The molecule has 0 bridgehead atoms. The minimum absolute atomic E-state index is 0.264. The molecule has 2 heterocycles. The van der Waals surface area contributed by atoms with Gasteiger partial charge in [0.2, 0.25) is 0 Å². The minimum atomic E-state index is 0.264. The molecule has 2 N–H and O–H groups in total. The number of hydrogen-bond acceptors (Lipinski definition) is 4. The van der Waals surface area contributed by atoms with E-state index in [0.717, 1.165) is 49.4 Å². The second kappa shape index (κ2) is 6.65. The average molecular weight is 317 g/mol. The van der Waals surface area contributed by atoms with Crippen molar-refractivity contribution in [3.63, 3.8) is 0 Å². The highest BCUT2D eigenvalue weighted by molar-refractivity contribution is 9.10. The van der Waals surface area contributed by atoms with Gasteiger partial charge in [0.1, 0.15) is 0 Å². The molecule has 1 aliphatic heterocycles. The first-order chi connectivity index (χ1) is 8.68. The van der Waals surface area contributed by atoms with Crippen molar-refractivity contribution in [1.29, 1.82) is 0 Å². The first-order valence-corrected chi connectivity index (χ1v) is 7.19. The van der Waals surface area contributed by atoms with Crippen molar-refractivity contribution in [1.82, 2.24) is 20.4 Å². The number of ether oxygens (including phenoxy) is 1. The number of aromatic nitrogens is 2. The summed E-state index contributed by atoms with van der Waals surface area (Å²) in [6, 6.07) is 0. The fourth-order valence-electron chi connectivity index (χ4n) is 2.12. The summed E-state index contributed by atoms with van der Waals surface area (Å²) in [4.78, 5) is 0. The molecule has 1 saturated heterocycles. The number of hydrogen-bond donors (Lipinski definition) is 2. The van der Waals surface area contributed by atoms with Gasteiger partial charge in [-0.1, -0.05) is 0 Å². The van der Waals surface area contributed by atoms with Crippen molar-refractivity contribution in [2.75, 3.05) is 26.2 Å². The van der Waals surface area contributed by atoms with Gasteiger partial charge < -0.3 is 15.4 Å². The molecule has 1 fully saturated rings. The highest BCUT2D eigenvalue weighted by Crippen LogP contribution is 2.19. The van der Waals surface area contributed by atoms with Gasteiger partial charge in [-0.25, -0.2) is 0 Å². The molecule has 18 heavy (non-hydrogen) atoms. The van der Waals surface area contributed by atoms with Crippen LogP contribution in [0.1, 0.15) is 17.8 Å². The lowest BCUT2D eigenvalue weighted by Gasteiger charge is -2.15. The summed E-state index contributed by atoms with van der Waals surface area (Å²) in [6.07, 6.45) is 1.36. The number of rotatable bonds is 4. The van der Waals surface area contributed by atoms with E-state index >= 15 is 0 Å². The SMILES string of the molecule is Cc1nn(C)c(CNCC2CNCCCO2)c1Br. The molecule has 2 rings (SSSR count). The summed E-state index contributed by atoms with van der Waals surface area (Å²) >= 11 is 3.57. The Bertz CT molecular complexity index is 386. The standard InChI is InChI=1S/C12H21BrN4O/c1-9-12(13)11(17(2)16-9)8-15-7-10-6-14-4-3-5-18-10/h10,14-15H,3-8H2,1-2H3. The summed E-state index contributed by atoms with van der Waals surface area (Å²) in [5, 5.41) is 11.2. The van der Waals surface area contributed by atoms with Crippen molar-refractivity contribution < 1.29 is 4.74 Å². The van der Waals surface area contributed by atoms with Gasteiger partial charge in [-0.3, -0.25) is 4.68 Å². The van der Waals surface area contributed by atoms with Crippen molar-refractivity contribution in [2.45, 2.75) is 26.0 Å². The largest absolute Gasteiger partial charge is 0.376 e. The fraction of sp³-hybridized carbons (Fsp3) is 0.750. The minimum Gasteiger partial charge on any atom is -0.376 e. The van der Waals surface area contributed by atoms with E-state index in [1.54, 1.807) is 0 Å². The van der Waals surface area contributed by atoms with E-state index in [0.29, 0.717) is 0 Å². The quantitative estimate of drug-likeness (QED) is 0.868. The van der Waals surface area contributed by atoms with Crippen LogP contribution in [0.25, 0.3) is 0 Å². The molecule has 1 unspecified atom stereocenters. The Morgan fingerprint density at radius 2 is 2.44 bits per heavy atom. The maximum absolute atomic E-state index is 5.75. The third-order valence-electron chi connectivity index (χ3n) is 3.15. The van der Waals surface area contributed by atoms with Crippen LogP contribution in [0.3, 0.4) is 0 Å². The molecule has 1 aromatic heterocycles. The number of aryl methyl sites for hydroxylation is 2. The first-order valence-electron chi connectivity index (χ1n) is 6.39. The molecular weight excluding hydrogens is 296 g/mol. The number of nitrogens with zero attached hydrogens (tertiary/aromatic N) is 2. The van der Waals surface area contributed by atoms with E-state index in [-0.39, 0.29) is 6.10 Å². The van der Waals surface area contributed by atoms with E-state index in [1.807, 2.05) is 18.7 Å². The molecule has 1 atom stereocenters. The second-order valence-corrected chi connectivity index (χ2v) is 5.44. The van der Waals surface area contributed by atoms with Gasteiger partial charge in [0.05, 0.1) is 22.0 Å². The van der Waals surface area contributed by atoms with Gasteiger partial charge in [-0.15, -0.1) is 0 Å². The third-order valence-corrected chi connectivity index (χ3v) is 4.18. The smallest absolute Gasteiger partial charge is 0.0823 e. The maximum atomic E-state index is 5.75. The summed E-state index contributed by atoms with van der Waals surface area (Å²) in [7, 11) is 1.97. The molecular formula is C12H21BrN4O. The molecule has 1 aromatic rings. The van der Waals surface area contributed by atoms with Crippen molar-refractivity contribution in [2.24, 2.45) is 7.05 Å². The zero-order chi connectivity index (χ0) is 13.0. The molecule has 1 aliphatic rings. The van der Waals surface area contributed by atoms with E-state index < -0.39 is 0 Å². The van der Waals surface area contributed by atoms with Crippen LogP contribution < -0.4 is 10.6 Å². The molecule has 6 heteroatoms. The lowest BCUT2D eigenvalue weighted by Crippen LogP contribution is -2.35. The van der Waals surface area contributed by atoms with Crippen molar-refractivity contribution in [3.8, 4) is 0 Å². The Labute approximate surface area is 116 Å². The summed E-state index contributed by atoms with van der Waals surface area (Å²) < 4.78 is 8.76. The number of halogens is 1. The van der Waals surface area contributed by atoms with E-state index in [4.69, 9.17) is 4.74 Å². The Kier molecular flexibility index (Phi) is 5.17. The van der Waals surface area contributed by atoms with E-state index in [1.165, 1.54) is 5.69 Å². The predicted molar refractivity (Wildman–Crippen MR) is 74.6 cm³/mol. The Morgan fingerprint density at radius 1 is 1.61 bits per heavy atom. The van der Waals surface area contributed by atoms with Crippen molar-refractivity contribution >= 4 is 15.9 Å². The Balaban J connectivity index is 1.80. The fourth-order valence-corrected chi connectivity index (χ4v) is 2.60. The van der Waals surface area contributed by atoms with Crippen LogP contribution in [0.15, 0.2) is 4.47 Å². The van der Waals surface area contributed by atoms with Crippen LogP contribution in [0.5, 0.6) is 0 Å². The highest BCUT2D eigenvalue weighted by Gasteiger charge is 2.13. The molecule has 102 valence electrons. The lowest BCUT2D eigenvalue weighted by atomic mass is 10.3. The van der Waals surface area contributed by atoms with E-state index in [2.05, 4.69) is 31.7 Å². The van der Waals surface area contributed by atoms with Crippen molar-refractivity contribution in [3.05, 3.63) is 15.9 Å². The van der Waals surface area contributed by atoms with Gasteiger partial charge in [0, 0.05) is 33.3 Å². The van der Waals surface area contributed by atoms with Gasteiger partial charge >= 0.3 is 0 Å². The van der Waals surface area contributed by atoms with Gasteiger partial charge in [0.25, 0.3) is 0 Å². The second-order valence-electron chi connectivity index (χ2n) is 4.65. The monoisotopic (exact) mass is 316 g/mol. The zero-order valence-electron chi connectivity index (χ0n) is 11.0. The predicted octanol–water partition coefficient (Wildman–Crippen LogP) is 0.959. The number of nitrogens with one attached hydrogen (secondary N) is 2. The Hall–Kier alpha value is -0.430. The zero-order valence-corrected chi connectivity index (χ0v) is 12.6. The van der Waals surface area contributed by atoms with Crippen LogP contribution in [0, 0.1) is 6.92 Å². The van der Waals surface area contributed by atoms with E-state index in [9.17, 15) is 0 Å². The lowest BCUT2D eigenvalue weighted by molar-refractivity contribution is 0.0667. The van der Waals surface area contributed by atoms with Crippen LogP contribution >= 0.6 is 15.9 Å². The molecule has 0 spiro atoms. The first kappa shape index (κ1) is 14.0. The molecule has 5 nitrogen and oxygen atoms in total. The molecule has 0 saturated carbocycles. The van der Waals surface area contributed by atoms with Gasteiger partial charge in [-0.05, 0) is 35.8 Å². The maximum Gasteiger partial charge on any atom is 0.0823 e. The van der Waals surface area contributed by atoms with Crippen LogP contribution in [0.4, 0.5) is 0 Å². The van der Waals surface area contributed by atoms with Crippen LogP contribution in [0.2, 0.25) is 0 Å². The molecule has 0 radical (unpaired) electrons. The topological polar surface area (TPSA) is 51.1 Å². The molecule has 0 amide bonds. The third kappa shape index (κ3) is 3.54. The van der Waals surface area contributed by atoms with Crippen LogP contribution in [-0.4, -0.2) is 42.1 Å². The van der Waals surface area contributed by atoms with Gasteiger partial charge in [-0.2, -0.15) is 5.10 Å². The van der Waals surface area contributed by atoms with Gasteiger partial charge in [0.15, 0.2) is 0 Å². The molecule has 0 aromatic carbocycles. The van der Waals surface area contributed by atoms with Crippen LogP contribution in [-0.2, 0) is 18.3 Å². The summed E-state index contributed by atoms with van der Waals surface area (Å²) in [5.74, 6) is 0. The average Bonchev–Trinajstić information content (AvgIpc) is 2.57. The molecule has 0 aliphatic carbocycles. The summed E-state index contributed by atoms with van der Waals surface area (Å²) in [5.41, 5.74) is 2.20. The highest BCUT2D eigenvalue weighted by atomic mass is 79.9. The Morgan fingerprint density at radius 3 is 3.17 bits per heavy atom.